The fourth-order valence-electron chi connectivity index (χ4n) is 1.36. The van der Waals surface area contributed by atoms with Gasteiger partial charge in [-0.3, -0.25) is 4.79 Å². The van der Waals surface area contributed by atoms with E-state index < -0.39 is 0 Å². The summed E-state index contributed by atoms with van der Waals surface area (Å²) in [6.45, 7) is 0. The van der Waals surface area contributed by atoms with Gasteiger partial charge in [0.25, 0.3) is 0 Å². The summed E-state index contributed by atoms with van der Waals surface area (Å²) in [6, 6.07) is 9.62. The lowest BCUT2D eigenvalue weighted by Gasteiger charge is -2.02. The molecule has 1 heterocycles. The molecule has 3 nitrogen and oxygen atoms in total. The largest absolute Gasteiger partial charge is 0.315 e. The number of aromatic nitrogens is 1. The predicted molar refractivity (Wildman–Crippen MR) is 58.9 cm³/mol. The molecule has 2 rings (SSSR count). The van der Waals surface area contributed by atoms with E-state index in [0.717, 1.165) is 11.1 Å². The Morgan fingerprint density at radius 1 is 1.19 bits per heavy atom. The van der Waals surface area contributed by atoms with E-state index in [-0.39, 0.29) is 5.82 Å². The number of hydrogen-bond acceptors (Lipinski definition) is 2. The van der Waals surface area contributed by atoms with Gasteiger partial charge < -0.3 is 5.32 Å². The molecule has 0 fully saturated rings. The molecule has 0 saturated heterocycles. The Morgan fingerprint density at radius 2 is 2.06 bits per heavy atom. The smallest absolute Gasteiger partial charge is 0.302 e. The fourth-order valence-corrected chi connectivity index (χ4v) is 1.36. The fraction of sp³-hybridized carbons (Fsp3) is 0. The van der Waals surface area contributed by atoms with E-state index in [1.54, 1.807) is 30.5 Å². The van der Waals surface area contributed by atoms with Crippen molar-refractivity contribution >= 4 is 12.2 Å². The molecule has 0 atom stereocenters. The minimum absolute atomic E-state index is 0.291. The summed E-state index contributed by atoms with van der Waals surface area (Å²) in [5.41, 5.74) is 1.53. The zero-order valence-electron chi connectivity index (χ0n) is 8.27. The summed E-state index contributed by atoms with van der Waals surface area (Å²) in [7, 11) is 0. The van der Waals surface area contributed by atoms with E-state index in [1.807, 2.05) is 0 Å². The lowest BCUT2D eigenvalue weighted by molar-refractivity contribution is 0.561. The maximum Gasteiger partial charge on any atom is 0.315 e. The van der Waals surface area contributed by atoms with Gasteiger partial charge in [0.15, 0.2) is 0 Å². The van der Waals surface area contributed by atoms with E-state index in [9.17, 15) is 9.18 Å². The number of pyridine rings is 1. The Hall–Kier alpha value is -2.23. The summed E-state index contributed by atoms with van der Waals surface area (Å²) in [5.74, 6) is 0.121. The van der Waals surface area contributed by atoms with Crippen LogP contribution in [-0.2, 0) is 4.79 Å². The Balaban J connectivity index is 2.31. The average Bonchev–Trinajstić information content (AvgIpc) is 2.30. The van der Waals surface area contributed by atoms with Gasteiger partial charge in [0.2, 0.25) is 0 Å². The minimum Gasteiger partial charge on any atom is -0.302 e. The molecule has 0 aliphatic rings. The zero-order chi connectivity index (χ0) is 11.4. The number of carbonyl (C=O) groups excluding carboxylic acids is 1. The zero-order valence-corrected chi connectivity index (χ0v) is 8.27. The van der Waals surface area contributed by atoms with Crippen LogP contribution in [0.15, 0.2) is 42.6 Å². The summed E-state index contributed by atoms with van der Waals surface area (Å²) in [4.78, 5) is 14.0. The number of nitrogens with one attached hydrogen (secondary N) is 1. The summed E-state index contributed by atoms with van der Waals surface area (Å²) in [6.07, 6.45) is 3.09. The van der Waals surface area contributed by atoms with Gasteiger partial charge in [-0.15, -0.1) is 0 Å². The molecule has 0 saturated carbocycles. The highest BCUT2D eigenvalue weighted by Gasteiger charge is 2.00. The second-order valence-corrected chi connectivity index (χ2v) is 3.17. The lowest BCUT2D eigenvalue weighted by Crippen LogP contribution is -1.95. The molecule has 1 aromatic heterocycles. The van der Waals surface area contributed by atoms with Gasteiger partial charge in [-0.2, -0.15) is 0 Å². The number of halogens is 1. The number of benzene rings is 1. The molecule has 79 valence electrons. The molecular weight excluding hydrogens is 207 g/mol. The highest BCUT2D eigenvalue weighted by molar-refractivity contribution is 5.71. The van der Waals surface area contributed by atoms with E-state index in [1.165, 1.54) is 18.5 Å². The molecule has 1 aromatic carbocycles. The first-order chi connectivity index (χ1) is 7.79. The Labute approximate surface area is 92.0 Å². The van der Waals surface area contributed by atoms with Crippen LogP contribution >= 0.6 is 0 Å². The van der Waals surface area contributed by atoms with Crippen LogP contribution in [0.2, 0.25) is 0 Å². The van der Waals surface area contributed by atoms with Gasteiger partial charge in [-0.05, 0) is 29.8 Å². The summed E-state index contributed by atoms with van der Waals surface area (Å²) in [5, 5.41) is 2.31. The van der Waals surface area contributed by atoms with E-state index in [2.05, 4.69) is 10.3 Å². The van der Waals surface area contributed by atoms with Gasteiger partial charge >= 0.3 is 6.41 Å². The Kier molecular flexibility index (Phi) is 2.91. The van der Waals surface area contributed by atoms with Crippen LogP contribution in [0.5, 0.6) is 0 Å². The van der Waals surface area contributed by atoms with Crippen LogP contribution in [0.4, 0.5) is 10.2 Å². The second kappa shape index (κ2) is 4.53. The van der Waals surface area contributed by atoms with Gasteiger partial charge in [0.1, 0.15) is 11.6 Å². The van der Waals surface area contributed by atoms with Crippen LogP contribution in [0, 0.1) is 5.82 Å². The monoisotopic (exact) mass is 215 g/mol. The van der Waals surface area contributed by atoms with Gasteiger partial charge in [0.05, 0.1) is 0 Å². The van der Waals surface area contributed by atoms with Crippen molar-refractivity contribution in [3.05, 3.63) is 48.4 Å². The van der Waals surface area contributed by atoms with Crippen LogP contribution in [0.25, 0.3) is 11.1 Å². The number of hydrogen-bond donors (Lipinski definition) is 1. The molecule has 0 spiro atoms. The molecule has 0 bridgehead atoms. The first-order valence-corrected chi connectivity index (χ1v) is 4.65. The first-order valence-electron chi connectivity index (χ1n) is 4.65. The van der Waals surface area contributed by atoms with Crippen molar-refractivity contribution in [2.45, 2.75) is 0 Å². The van der Waals surface area contributed by atoms with Crippen molar-refractivity contribution in [1.82, 2.24) is 4.98 Å². The molecule has 16 heavy (non-hydrogen) atoms. The van der Waals surface area contributed by atoms with Crippen LogP contribution in [0.3, 0.4) is 0 Å². The molecule has 1 amide bonds. The maximum absolute atomic E-state index is 13.0. The second-order valence-electron chi connectivity index (χ2n) is 3.17. The molecule has 1 radical (unpaired) electrons. The predicted octanol–water partition coefficient (Wildman–Crippen LogP) is 2.37. The third-order valence-corrected chi connectivity index (χ3v) is 2.10. The lowest BCUT2D eigenvalue weighted by atomic mass is 10.1. The molecule has 0 unspecified atom stereocenters. The quantitative estimate of drug-likeness (QED) is 0.798. The maximum atomic E-state index is 13.0. The van der Waals surface area contributed by atoms with Gasteiger partial charge in [-0.1, -0.05) is 12.1 Å². The number of nitrogens with zero attached hydrogens (tertiary/aromatic N) is 1. The summed E-state index contributed by atoms with van der Waals surface area (Å²) < 4.78 is 13.0. The number of rotatable bonds is 3. The Morgan fingerprint density at radius 3 is 2.69 bits per heavy atom. The van der Waals surface area contributed by atoms with Crippen molar-refractivity contribution in [3.8, 4) is 11.1 Å². The van der Waals surface area contributed by atoms with Crippen LogP contribution < -0.4 is 5.32 Å². The molecule has 2 aromatic rings. The van der Waals surface area contributed by atoms with Crippen LogP contribution in [0.1, 0.15) is 0 Å². The molecule has 1 N–H and O–H groups in total. The van der Waals surface area contributed by atoms with Crippen molar-refractivity contribution in [1.29, 1.82) is 0 Å². The van der Waals surface area contributed by atoms with Crippen molar-refractivity contribution < 1.29 is 9.18 Å². The van der Waals surface area contributed by atoms with Crippen molar-refractivity contribution in [2.75, 3.05) is 5.32 Å². The standard InChI is InChI=1S/C12H8FN2O/c13-11-3-1-2-9(6-11)10-4-5-12(14-7-10)15-8-16/h1-7H,(H,14,15,16). The average molecular weight is 215 g/mol. The highest BCUT2D eigenvalue weighted by atomic mass is 19.1. The molecular formula is C12H8FN2O. The number of amides is 1. The van der Waals surface area contributed by atoms with Crippen molar-refractivity contribution in [3.63, 3.8) is 0 Å². The van der Waals surface area contributed by atoms with Gasteiger partial charge in [-0.25, -0.2) is 9.37 Å². The third-order valence-electron chi connectivity index (χ3n) is 2.10. The van der Waals surface area contributed by atoms with E-state index in [0.29, 0.717) is 5.82 Å². The Bertz CT molecular complexity index is 497. The number of anilines is 1. The van der Waals surface area contributed by atoms with Crippen molar-refractivity contribution in [2.24, 2.45) is 0 Å². The molecule has 0 aliphatic heterocycles. The first kappa shape index (κ1) is 10.3. The minimum atomic E-state index is -0.291. The third kappa shape index (κ3) is 2.23. The van der Waals surface area contributed by atoms with E-state index >= 15 is 0 Å². The molecule has 4 heteroatoms. The van der Waals surface area contributed by atoms with Crippen LogP contribution in [-0.4, -0.2) is 11.4 Å². The SMILES string of the molecule is O=[C]Nc1ccc(-c2cccc(F)c2)cn1. The summed E-state index contributed by atoms with van der Waals surface area (Å²) >= 11 is 0. The van der Waals surface area contributed by atoms with E-state index in [4.69, 9.17) is 0 Å². The normalized spacial score (nSPS) is 9.81. The topological polar surface area (TPSA) is 42.0 Å². The highest BCUT2D eigenvalue weighted by Crippen LogP contribution is 2.19. The van der Waals surface area contributed by atoms with Gasteiger partial charge in [0, 0.05) is 11.8 Å². The molecule has 0 aliphatic carbocycles.